The normalized spacial score (nSPS) is 17.6. The van der Waals surface area contributed by atoms with Gasteiger partial charge in [0.15, 0.2) is 11.9 Å². The van der Waals surface area contributed by atoms with Gasteiger partial charge in [-0.3, -0.25) is 14.5 Å². The molecule has 1 aromatic carbocycles. The molecule has 0 aliphatic carbocycles. The van der Waals surface area contributed by atoms with E-state index in [-0.39, 0.29) is 12.3 Å². The molecule has 86 valence electrons. The maximum atomic E-state index is 11.6. The van der Waals surface area contributed by atoms with E-state index in [1.54, 1.807) is 24.3 Å². The Hall–Kier alpha value is -2.28. The standard InChI is InChI=1S/C13H11NO3/c1-3-13(16)14-8-12(9(2)15)17-11-7-5-4-6-10(11)14/h1,4-7,12H,8H2,2H3. The van der Waals surface area contributed by atoms with Gasteiger partial charge in [0.2, 0.25) is 0 Å². The summed E-state index contributed by atoms with van der Waals surface area (Å²) < 4.78 is 5.51. The van der Waals surface area contributed by atoms with Crippen molar-refractivity contribution < 1.29 is 14.3 Å². The van der Waals surface area contributed by atoms with E-state index in [1.165, 1.54) is 11.8 Å². The molecule has 1 unspecified atom stereocenters. The molecule has 0 N–H and O–H groups in total. The quantitative estimate of drug-likeness (QED) is 0.675. The monoisotopic (exact) mass is 229 g/mol. The summed E-state index contributed by atoms with van der Waals surface area (Å²) in [6, 6.07) is 7.01. The maximum Gasteiger partial charge on any atom is 0.302 e. The zero-order valence-corrected chi connectivity index (χ0v) is 9.34. The highest BCUT2D eigenvalue weighted by molar-refractivity contribution is 6.07. The van der Waals surface area contributed by atoms with Crippen LogP contribution in [0.4, 0.5) is 5.69 Å². The van der Waals surface area contributed by atoms with Crippen LogP contribution >= 0.6 is 0 Å². The number of amides is 1. The fraction of sp³-hybridized carbons (Fsp3) is 0.231. The number of para-hydroxylation sites is 2. The minimum atomic E-state index is -0.651. The molecule has 0 bridgehead atoms. The molecule has 1 amide bonds. The highest BCUT2D eigenvalue weighted by atomic mass is 16.5. The van der Waals surface area contributed by atoms with E-state index in [0.29, 0.717) is 11.4 Å². The lowest BCUT2D eigenvalue weighted by Gasteiger charge is -2.32. The van der Waals surface area contributed by atoms with Gasteiger partial charge in [-0.25, -0.2) is 0 Å². The van der Waals surface area contributed by atoms with Crippen molar-refractivity contribution in [1.82, 2.24) is 0 Å². The Morgan fingerprint density at radius 2 is 2.18 bits per heavy atom. The molecule has 1 atom stereocenters. The van der Waals surface area contributed by atoms with Gasteiger partial charge in [-0.05, 0) is 25.0 Å². The third kappa shape index (κ3) is 2.00. The zero-order chi connectivity index (χ0) is 12.4. The van der Waals surface area contributed by atoms with E-state index < -0.39 is 12.0 Å². The average molecular weight is 229 g/mol. The first-order valence-electron chi connectivity index (χ1n) is 5.17. The van der Waals surface area contributed by atoms with Crippen LogP contribution in [0.2, 0.25) is 0 Å². The van der Waals surface area contributed by atoms with Crippen molar-refractivity contribution in [2.45, 2.75) is 13.0 Å². The number of benzene rings is 1. The molecule has 0 radical (unpaired) electrons. The Balaban J connectivity index is 2.43. The van der Waals surface area contributed by atoms with Crippen LogP contribution in [0.15, 0.2) is 24.3 Å². The summed E-state index contributed by atoms with van der Waals surface area (Å²) in [6.45, 7) is 1.59. The molecule has 0 spiro atoms. The summed E-state index contributed by atoms with van der Waals surface area (Å²) in [5.74, 6) is 1.96. The minimum absolute atomic E-state index is 0.130. The zero-order valence-electron chi connectivity index (χ0n) is 9.34. The topological polar surface area (TPSA) is 46.6 Å². The van der Waals surface area contributed by atoms with Crippen LogP contribution in [0.25, 0.3) is 0 Å². The summed E-state index contributed by atoms with van der Waals surface area (Å²) in [4.78, 5) is 24.4. The van der Waals surface area contributed by atoms with E-state index >= 15 is 0 Å². The van der Waals surface area contributed by atoms with Gasteiger partial charge in [-0.1, -0.05) is 12.1 Å². The van der Waals surface area contributed by atoms with Crippen LogP contribution in [0.3, 0.4) is 0 Å². The summed E-state index contributed by atoms with van der Waals surface area (Å²) >= 11 is 0. The number of hydrogen-bond acceptors (Lipinski definition) is 3. The van der Waals surface area contributed by atoms with E-state index in [4.69, 9.17) is 11.2 Å². The minimum Gasteiger partial charge on any atom is -0.479 e. The van der Waals surface area contributed by atoms with Crippen LogP contribution in [-0.4, -0.2) is 24.3 Å². The third-order valence-electron chi connectivity index (χ3n) is 2.60. The smallest absolute Gasteiger partial charge is 0.302 e. The lowest BCUT2D eigenvalue weighted by molar-refractivity contribution is -0.123. The number of terminal acetylenes is 1. The van der Waals surface area contributed by atoms with Crippen LogP contribution in [0, 0.1) is 12.3 Å². The second-order valence-corrected chi connectivity index (χ2v) is 3.74. The Labute approximate surface area is 99.2 Å². The number of carbonyl (C=O) groups excluding carboxylic acids is 2. The first kappa shape index (κ1) is 11.2. The summed E-state index contributed by atoms with van der Waals surface area (Å²) in [5.41, 5.74) is 0.605. The van der Waals surface area contributed by atoms with Crippen LogP contribution in [-0.2, 0) is 9.59 Å². The number of carbonyl (C=O) groups is 2. The van der Waals surface area contributed by atoms with E-state index in [2.05, 4.69) is 5.92 Å². The number of nitrogens with zero attached hydrogens (tertiary/aromatic N) is 1. The van der Waals surface area contributed by atoms with E-state index in [1.807, 2.05) is 0 Å². The Morgan fingerprint density at radius 3 is 2.82 bits per heavy atom. The second-order valence-electron chi connectivity index (χ2n) is 3.74. The molecule has 1 aliphatic rings. The summed E-state index contributed by atoms with van der Waals surface area (Å²) in [6.07, 6.45) is 4.46. The predicted octanol–water partition coefficient (Wildman–Crippen LogP) is 1.00. The molecule has 1 heterocycles. The number of Topliss-reactive ketones (excluding diaryl/α,β-unsaturated/α-hetero) is 1. The number of hydrogen-bond donors (Lipinski definition) is 0. The highest BCUT2D eigenvalue weighted by Gasteiger charge is 2.31. The molecular formula is C13H11NO3. The van der Waals surface area contributed by atoms with Crippen molar-refractivity contribution in [2.24, 2.45) is 0 Å². The van der Waals surface area contributed by atoms with Crippen molar-refractivity contribution in [3.05, 3.63) is 24.3 Å². The molecule has 1 aromatic rings. The highest BCUT2D eigenvalue weighted by Crippen LogP contribution is 2.33. The Kier molecular flexibility index (Phi) is 2.84. The number of rotatable bonds is 1. The third-order valence-corrected chi connectivity index (χ3v) is 2.60. The molecule has 1 aliphatic heterocycles. The Morgan fingerprint density at radius 1 is 1.47 bits per heavy atom. The Bertz CT molecular complexity index is 516. The fourth-order valence-electron chi connectivity index (χ4n) is 1.72. The number of fused-ring (bicyclic) bond motifs is 1. The largest absolute Gasteiger partial charge is 0.479 e. The van der Waals surface area contributed by atoms with Gasteiger partial charge in [-0.15, -0.1) is 6.42 Å². The van der Waals surface area contributed by atoms with Crippen molar-refractivity contribution >= 4 is 17.4 Å². The number of ketones is 1. The van der Waals surface area contributed by atoms with E-state index in [0.717, 1.165) is 0 Å². The molecular weight excluding hydrogens is 218 g/mol. The summed E-state index contributed by atoms with van der Waals surface area (Å²) in [7, 11) is 0. The number of ether oxygens (including phenoxy) is 1. The SMILES string of the molecule is C#CC(=O)N1CC(C(C)=O)Oc2ccccc21. The van der Waals surface area contributed by atoms with E-state index in [9.17, 15) is 9.59 Å². The van der Waals surface area contributed by atoms with Gasteiger partial charge in [0.1, 0.15) is 5.75 Å². The molecule has 0 saturated carbocycles. The van der Waals surface area contributed by atoms with Crippen molar-refractivity contribution in [1.29, 1.82) is 0 Å². The predicted molar refractivity (Wildman–Crippen MR) is 62.7 cm³/mol. The van der Waals surface area contributed by atoms with Crippen LogP contribution < -0.4 is 9.64 Å². The summed E-state index contributed by atoms with van der Waals surface area (Å²) in [5, 5.41) is 0. The van der Waals surface area contributed by atoms with Gasteiger partial charge in [0.25, 0.3) is 0 Å². The van der Waals surface area contributed by atoms with Crippen molar-refractivity contribution in [2.75, 3.05) is 11.4 Å². The van der Waals surface area contributed by atoms with Gasteiger partial charge in [0, 0.05) is 0 Å². The van der Waals surface area contributed by atoms with Crippen LogP contribution in [0.5, 0.6) is 5.75 Å². The molecule has 4 heteroatoms. The van der Waals surface area contributed by atoms with Crippen LogP contribution in [0.1, 0.15) is 6.92 Å². The molecule has 17 heavy (non-hydrogen) atoms. The lowest BCUT2D eigenvalue weighted by Crippen LogP contribution is -2.46. The van der Waals surface area contributed by atoms with Crippen molar-refractivity contribution in [3.8, 4) is 18.1 Å². The molecule has 0 saturated heterocycles. The van der Waals surface area contributed by atoms with Crippen molar-refractivity contribution in [3.63, 3.8) is 0 Å². The molecule has 0 aromatic heterocycles. The molecule has 0 fully saturated rings. The van der Waals surface area contributed by atoms with Gasteiger partial charge < -0.3 is 4.74 Å². The van der Waals surface area contributed by atoms with Gasteiger partial charge in [-0.2, -0.15) is 0 Å². The maximum absolute atomic E-state index is 11.6. The fourth-order valence-corrected chi connectivity index (χ4v) is 1.72. The first-order valence-corrected chi connectivity index (χ1v) is 5.17. The number of anilines is 1. The van der Waals surface area contributed by atoms with Gasteiger partial charge in [0.05, 0.1) is 12.2 Å². The first-order chi connectivity index (χ1) is 8.13. The van der Waals surface area contributed by atoms with Gasteiger partial charge >= 0.3 is 5.91 Å². The lowest BCUT2D eigenvalue weighted by atomic mass is 10.1. The molecule has 2 rings (SSSR count). The average Bonchev–Trinajstić information content (AvgIpc) is 2.36. The second kappa shape index (κ2) is 4.30. The molecule has 4 nitrogen and oxygen atoms in total.